The number of alkyl halides is 2. The highest BCUT2D eigenvalue weighted by Crippen LogP contribution is 2.37. The van der Waals surface area contributed by atoms with Crippen LogP contribution in [0.3, 0.4) is 0 Å². The normalized spacial score (nSPS) is 17.3. The number of nitrogens with one attached hydrogen (secondary N) is 2. The van der Waals surface area contributed by atoms with E-state index in [9.17, 15) is 22.4 Å². The van der Waals surface area contributed by atoms with Crippen molar-refractivity contribution in [3.8, 4) is 5.75 Å². The van der Waals surface area contributed by atoms with Crippen LogP contribution in [0.25, 0.3) is 0 Å². The monoisotopic (exact) mass is 425 g/mol. The standard InChI is InChI=1S/C14H17F2N3O.C7H6F2O/c15-14(16)6-2-4-10(8-14)13(20)19-11-5-1-3-9(7-11)12(17)18;1-10-6-4-2-3-5(8)7(6)9/h1,3,5,7,10H,2,4,6,8H2,(H3,17,18)(H,19,20);2-4H,1H3/t10-;/m0./s1. The summed E-state index contributed by atoms with van der Waals surface area (Å²) in [5, 5.41) is 9.95. The number of hydrogen-bond donors (Lipinski definition) is 3. The van der Waals surface area contributed by atoms with Crippen molar-refractivity contribution in [3.05, 3.63) is 59.7 Å². The Morgan fingerprint density at radius 2 is 1.93 bits per heavy atom. The highest BCUT2D eigenvalue weighted by Gasteiger charge is 2.39. The summed E-state index contributed by atoms with van der Waals surface area (Å²) in [7, 11) is 1.29. The van der Waals surface area contributed by atoms with Gasteiger partial charge in [0.2, 0.25) is 17.6 Å². The van der Waals surface area contributed by atoms with E-state index in [2.05, 4.69) is 10.1 Å². The highest BCUT2D eigenvalue weighted by molar-refractivity contribution is 5.98. The first kappa shape index (κ1) is 23.2. The Balaban J connectivity index is 0.000000269. The van der Waals surface area contributed by atoms with Crippen molar-refractivity contribution in [1.29, 1.82) is 5.41 Å². The van der Waals surface area contributed by atoms with Crippen molar-refractivity contribution in [2.24, 2.45) is 11.7 Å². The van der Waals surface area contributed by atoms with Gasteiger partial charge in [0, 0.05) is 30.0 Å². The molecule has 2 aromatic carbocycles. The molecule has 0 unspecified atom stereocenters. The lowest BCUT2D eigenvalue weighted by atomic mass is 9.86. The molecule has 0 heterocycles. The molecule has 0 spiro atoms. The Morgan fingerprint density at radius 3 is 2.53 bits per heavy atom. The van der Waals surface area contributed by atoms with Crippen LogP contribution in [-0.2, 0) is 4.79 Å². The Kier molecular flexibility index (Phi) is 7.79. The number of methoxy groups -OCH3 is 1. The molecule has 1 fully saturated rings. The summed E-state index contributed by atoms with van der Waals surface area (Å²) in [6.07, 6.45) is 0.300. The Morgan fingerprint density at radius 1 is 1.23 bits per heavy atom. The molecule has 3 rings (SSSR count). The van der Waals surface area contributed by atoms with Gasteiger partial charge >= 0.3 is 0 Å². The van der Waals surface area contributed by atoms with E-state index in [1.165, 1.54) is 19.2 Å². The first-order chi connectivity index (χ1) is 14.1. The summed E-state index contributed by atoms with van der Waals surface area (Å²) in [6, 6.07) is 10.3. The number of anilines is 1. The van der Waals surface area contributed by atoms with E-state index in [1.54, 1.807) is 24.3 Å². The lowest BCUT2D eigenvalue weighted by Crippen LogP contribution is -2.33. The molecule has 0 aliphatic heterocycles. The number of amidine groups is 1. The number of rotatable bonds is 4. The zero-order chi connectivity index (χ0) is 22.3. The molecule has 4 N–H and O–H groups in total. The van der Waals surface area contributed by atoms with Crippen LogP contribution >= 0.6 is 0 Å². The topological polar surface area (TPSA) is 88.2 Å². The fourth-order valence-electron chi connectivity index (χ4n) is 3.05. The molecule has 0 aromatic heterocycles. The van der Waals surface area contributed by atoms with Crippen LogP contribution in [0.1, 0.15) is 31.2 Å². The molecule has 0 bridgehead atoms. The van der Waals surface area contributed by atoms with Crippen LogP contribution in [0.4, 0.5) is 23.2 Å². The third kappa shape index (κ3) is 6.47. The van der Waals surface area contributed by atoms with Gasteiger partial charge in [-0.3, -0.25) is 10.2 Å². The molecule has 0 saturated heterocycles. The first-order valence-electron chi connectivity index (χ1n) is 9.24. The molecule has 5 nitrogen and oxygen atoms in total. The van der Waals surface area contributed by atoms with Crippen LogP contribution in [0.15, 0.2) is 42.5 Å². The second-order valence-corrected chi connectivity index (χ2v) is 6.89. The third-order valence-electron chi connectivity index (χ3n) is 4.59. The molecule has 0 radical (unpaired) electrons. The lowest BCUT2D eigenvalue weighted by Gasteiger charge is -2.28. The second kappa shape index (κ2) is 10.1. The predicted octanol–water partition coefficient (Wildman–Crippen LogP) is 4.71. The van der Waals surface area contributed by atoms with Gasteiger partial charge in [-0.05, 0) is 37.1 Å². The van der Waals surface area contributed by atoms with Crippen LogP contribution in [-0.4, -0.2) is 24.8 Å². The highest BCUT2D eigenvalue weighted by atomic mass is 19.3. The maximum absolute atomic E-state index is 13.3. The summed E-state index contributed by atoms with van der Waals surface area (Å²) in [5.41, 5.74) is 6.32. The molecule has 162 valence electrons. The van der Waals surface area contributed by atoms with Gasteiger partial charge in [0.15, 0.2) is 11.6 Å². The molecule has 30 heavy (non-hydrogen) atoms. The zero-order valence-corrected chi connectivity index (χ0v) is 16.4. The number of ether oxygens (including phenoxy) is 1. The first-order valence-corrected chi connectivity index (χ1v) is 9.24. The fraction of sp³-hybridized carbons (Fsp3) is 0.333. The van der Waals surface area contributed by atoms with E-state index >= 15 is 0 Å². The van der Waals surface area contributed by atoms with E-state index in [1.807, 2.05) is 0 Å². The Bertz CT molecular complexity index is 906. The summed E-state index contributed by atoms with van der Waals surface area (Å²) in [5.74, 6) is -5.82. The minimum Gasteiger partial charge on any atom is -0.494 e. The molecule has 1 atom stereocenters. The fourth-order valence-corrected chi connectivity index (χ4v) is 3.05. The van der Waals surface area contributed by atoms with Crippen LogP contribution in [0, 0.1) is 23.0 Å². The van der Waals surface area contributed by atoms with Crippen LogP contribution < -0.4 is 15.8 Å². The predicted molar refractivity (Wildman–Crippen MR) is 106 cm³/mol. The van der Waals surface area contributed by atoms with E-state index < -0.39 is 35.8 Å². The quantitative estimate of drug-likeness (QED) is 0.377. The SMILES string of the molecule is COc1cccc(F)c1F.N=C(N)c1cccc(NC(=O)[C@H]2CCCC(F)(F)C2)c1. The van der Waals surface area contributed by atoms with Crippen LogP contribution in [0.2, 0.25) is 0 Å². The van der Waals surface area contributed by atoms with E-state index in [0.717, 1.165) is 6.07 Å². The van der Waals surface area contributed by atoms with Gasteiger partial charge in [-0.15, -0.1) is 0 Å². The molecular formula is C21H23F4N3O2. The van der Waals surface area contributed by atoms with Crippen molar-refractivity contribution in [2.45, 2.75) is 31.6 Å². The number of carbonyl (C=O) groups is 1. The molecule has 1 aliphatic carbocycles. The van der Waals surface area contributed by atoms with Crippen molar-refractivity contribution < 1.29 is 27.1 Å². The van der Waals surface area contributed by atoms with Crippen molar-refractivity contribution >= 4 is 17.4 Å². The summed E-state index contributed by atoms with van der Waals surface area (Å²) < 4.78 is 55.9. The molecule has 1 aliphatic rings. The second-order valence-electron chi connectivity index (χ2n) is 6.89. The smallest absolute Gasteiger partial charge is 0.248 e. The Hall–Kier alpha value is -3.10. The van der Waals surface area contributed by atoms with Crippen molar-refractivity contribution in [1.82, 2.24) is 0 Å². The molecule has 1 saturated carbocycles. The van der Waals surface area contributed by atoms with Gasteiger partial charge < -0.3 is 15.8 Å². The van der Waals surface area contributed by atoms with E-state index in [0.29, 0.717) is 24.1 Å². The van der Waals surface area contributed by atoms with Gasteiger partial charge in [-0.2, -0.15) is 4.39 Å². The number of carbonyl (C=O) groups excluding carboxylic acids is 1. The number of amides is 1. The minimum atomic E-state index is -2.75. The number of nitrogen functional groups attached to an aromatic ring is 1. The third-order valence-corrected chi connectivity index (χ3v) is 4.59. The number of halogens is 4. The average molecular weight is 425 g/mol. The molecule has 9 heteroatoms. The summed E-state index contributed by atoms with van der Waals surface area (Å²) >= 11 is 0. The minimum absolute atomic E-state index is 0.0694. The maximum atomic E-state index is 13.3. The molecular weight excluding hydrogens is 402 g/mol. The number of hydrogen-bond acceptors (Lipinski definition) is 3. The van der Waals surface area contributed by atoms with Gasteiger partial charge in [0.1, 0.15) is 5.84 Å². The summed E-state index contributed by atoms with van der Waals surface area (Å²) in [6.45, 7) is 0. The van der Waals surface area contributed by atoms with Crippen molar-refractivity contribution in [3.63, 3.8) is 0 Å². The largest absolute Gasteiger partial charge is 0.494 e. The molecule has 2 aromatic rings. The van der Waals surface area contributed by atoms with Gasteiger partial charge in [0.25, 0.3) is 0 Å². The van der Waals surface area contributed by atoms with E-state index in [4.69, 9.17) is 11.1 Å². The van der Waals surface area contributed by atoms with Crippen molar-refractivity contribution in [2.75, 3.05) is 12.4 Å². The maximum Gasteiger partial charge on any atom is 0.248 e. The zero-order valence-electron chi connectivity index (χ0n) is 16.4. The van der Waals surface area contributed by atoms with Crippen LogP contribution in [0.5, 0.6) is 5.75 Å². The number of nitrogens with two attached hydrogens (primary N) is 1. The lowest BCUT2D eigenvalue weighted by molar-refractivity contribution is -0.127. The van der Waals surface area contributed by atoms with Gasteiger partial charge in [0.05, 0.1) is 7.11 Å². The van der Waals surface area contributed by atoms with Gasteiger partial charge in [-0.1, -0.05) is 18.2 Å². The van der Waals surface area contributed by atoms with Gasteiger partial charge in [-0.25, -0.2) is 13.2 Å². The number of benzene rings is 2. The molecule has 1 amide bonds. The van der Waals surface area contributed by atoms with E-state index in [-0.39, 0.29) is 18.0 Å². The summed E-state index contributed by atoms with van der Waals surface area (Å²) in [4.78, 5) is 12.0. The average Bonchev–Trinajstić information content (AvgIpc) is 2.70. The Labute approximate surface area is 171 Å².